The van der Waals surface area contributed by atoms with Crippen molar-refractivity contribution < 1.29 is 48.2 Å². The van der Waals surface area contributed by atoms with E-state index in [1.807, 2.05) is 0 Å². The Bertz CT molecular complexity index is 458. The van der Waals surface area contributed by atoms with Gasteiger partial charge in [0.05, 0.1) is 39.6 Å². The van der Waals surface area contributed by atoms with Crippen molar-refractivity contribution in [3.05, 3.63) is 24.3 Å². The lowest BCUT2D eigenvalue weighted by molar-refractivity contribution is -0.228. The monoisotopic (exact) mass is 376 g/mol. The molecule has 0 saturated carbocycles. The fraction of sp³-hybridized carbons (Fsp3) is 0.562. The van der Waals surface area contributed by atoms with Gasteiger partial charge in [-0.25, -0.2) is 14.4 Å². The van der Waals surface area contributed by atoms with Crippen molar-refractivity contribution in [3.63, 3.8) is 0 Å². The van der Waals surface area contributed by atoms with E-state index < -0.39 is 17.9 Å². The van der Waals surface area contributed by atoms with Crippen LogP contribution < -0.4 is 0 Å². The maximum absolute atomic E-state index is 11.1. The third-order valence-electron chi connectivity index (χ3n) is 2.44. The lowest BCUT2D eigenvalue weighted by Gasteiger charge is -2.07. The first-order valence-electron chi connectivity index (χ1n) is 7.83. The molecule has 0 aromatic carbocycles. The second kappa shape index (κ2) is 17.5. The first kappa shape index (κ1) is 23.7. The van der Waals surface area contributed by atoms with E-state index >= 15 is 0 Å². The number of ether oxygens (including phenoxy) is 5. The Morgan fingerprint density at radius 1 is 0.654 bits per heavy atom. The Labute approximate surface area is 151 Å². The SMILES string of the molecule is C/C=C/C(=O)OCCOCCOCCOCCOC(=O)/C=C/C(=O)OO. The van der Waals surface area contributed by atoms with E-state index in [2.05, 4.69) is 4.89 Å². The van der Waals surface area contributed by atoms with E-state index in [1.54, 1.807) is 13.0 Å². The summed E-state index contributed by atoms with van der Waals surface area (Å²) in [4.78, 5) is 35.9. The fourth-order valence-corrected chi connectivity index (χ4v) is 1.34. The number of hydrogen-bond donors (Lipinski definition) is 1. The zero-order valence-electron chi connectivity index (χ0n) is 14.6. The van der Waals surface area contributed by atoms with Gasteiger partial charge in [0.25, 0.3) is 0 Å². The average molecular weight is 376 g/mol. The molecule has 0 unspecified atom stereocenters. The summed E-state index contributed by atoms with van der Waals surface area (Å²) >= 11 is 0. The van der Waals surface area contributed by atoms with Crippen molar-refractivity contribution in [3.8, 4) is 0 Å². The fourth-order valence-electron chi connectivity index (χ4n) is 1.34. The van der Waals surface area contributed by atoms with Crippen molar-refractivity contribution in [2.24, 2.45) is 0 Å². The summed E-state index contributed by atoms with van der Waals surface area (Å²) in [6.07, 6.45) is 4.47. The minimum Gasteiger partial charge on any atom is -0.460 e. The molecule has 0 rings (SSSR count). The van der Waals surface area contributed by atoms with Gasteiger partial charge in [-0.2, -0.15) is 5.26 Å². The van der Waals surface area contributed by atoms with Crippen LogP contribution in [-0.4, -0.2) is 76.0 Å². The molecule has 0 fully saturated rings. The maximum atomic E-state index is 11.1. The molecule has 0 bridgehead atoms. The molecule has 1 N–H and O–H groups in total. The molecule has 0 aliphatic carbocycles. The Hall–Kier alpha value is -2.27. The van der Waals surface area contributed by atoms with Gasteiger partial charge < -0.3 is 23.7 Å². The van der Waals surface area contributed by atoms with Crippen molar-refractivity contribution in [2.75, 3.05) is 52.9 Å². The Kier molecular flexibility index (Phi) is 16.0. The average Bonchev–Trinajstić information content (AvgIpc) is 2.63. The highest BCUT2D eigenvalue weighted by Gasteiger charge is 2.00. The molecule has 0 aliphatic rings. The molecule has 0 radical (unpaired) electrons. The molecule has 26 heavy (non-hydrogen) atoms. The molecule has 148 valence electrons. The Morgan fingerprint density at radius 3 is 1.46 bits per heavy atom. The smallest absolute Gasteiger partial charge is 0.365 e. The van der Waals surface area contributed by atoms with Crippen LogP contribution in [-0.2, 0) is 43.0 Å². The van der Waals surface area contributed by atoms with Crippen LogP contribution in [0.5, 0.6) is 0 Å². The molecule has 0 aromatic rings. The minimum atomic E-state index is -1.08. The van der Waals surface area contributed by atoms with Gasteiger partial charge in [-0.1, -0.05) is 6.08 Å². The molecule has 0 heterocycles. The molecular formula is C16H24O10. The lowest BCUT2D eigenvalue weighted by Crippen LogP contribution is -2.14. The van der Waals surface area contributed by atoms with Gasteiger partial charge in [-0.15, -0.1) is 0 Å². The van der Waals surface area contributed by atoms with Crippen molar-refractivity contribution in [1.29, 1.82) is 0 Å². The van der Waals surface area contributed by atoms with Gasteiger partial charge in [-0.05, 0) is 6.92 Å². The summed E-state index contributed by atoms with van der Waals surface area (Å²) in [6, 6.07) is 0. The first-order chi connectivity index (χ1) is 12.6. The first-order valence-corrected chi connectivity index (χ1v) is 7.83. The number of hydrogen-bond acceptors (Lipinski definition) is 10. The molecule has 0 amide bonds. The number of rotatable bonds is 15. The van der Waals surface area contributed by atoms with Crippen LogP contribution in [0.1, 0.15) is 6.92 Å². The zero-order chi connectivity index (χ0) is 19.5. The van der Waals surface area contributed by atoms with Crippen molar-refractivity contribution in [1.82, 2.24) is 0 Å². The van der Waals surface area contributed by atoms with Gasteiger partial charge in [0.1, 0.15) is 13.2 Å². The van der Waals surface area contributed by atoms with E-state index in [4.69, 9.17) is 28.9 Å². The zero-order valence-corrected chi connectivity index (χ0v) is 14.6. The Morgan fingerprint density at radius 2 is 1.04 bits per heavy atom. The third-order valence-corrected chi connectivity index (χ3v) is 2.44. The molecule has 0 spiro atoms. The van der Waals surface area contributed by atoms with Crippen LogP contribution in [0, 0.1) is 0 Å². The molecule has 0 aliphatic heterocycles. The molecule has 10 heteroatoms. The highest BCUT2D eigenvalue weighted by atomic mass is 17.1. The van der Waals surface area contributed by atoms with Crippen LogP contribution in [0.4, 0.5) is 0 Å². The van der Waals surface area contributed by atoms with Gasteiger partial charge in [0.2, 0.25) is 0 Å². The van der Waals surface area contributed by atoms with Gasteiger partial charge in [0, 0.05) is 18.2 Å². The molecular weight excluding hydrogens is 352 g/mol. The topological polar surface area (TPSA) is 127 Å². The minimum absolute atomic E-state index is 0.00635. The second-order valence-electron chi connectivity index (χ2n) is 4.42. The summed E-state index contributed by atoms with van der Waals surface area (Å²) in [5, 5.41) is 7.96. The molecule has 10 nitrogen and oxygen atoms in total. The molecule has 0 saturated heterocycles. The van der Waals surface area contributed by atoms with E-state index in [9.17, 15) is 14.4 Å². The van der Waals surface area contributed by atoms with Crippen molar-refractivity contribution in [2.45, 2.75) is 6.92 Å². The number of carbonyl (C=O) groups excluding carboxylic acids is 3. The molecule has 0 atom stereocenters. The number of esters is 2. The summed E-state index contributed by atoms with van der Waals surface area (Å²) in [6.45, 7) is 3.76. The summed E-state index contributed by atoms with van der Waals surface area (Å²) < 4.78 is 25.1. The van der Waals surface area contributed by atoms with E-state index in [1.165, 1.54) is 6.08 Å². The van der Waals surface area contributed by atoms with E-state index in [0.29, 0.717) is 33.0 Å². The summed E-state index contributed by atoms with van der Waals surface area (Å²) in [5.41, 5.74) is 0. The predicted octanol–water partition coefficient (Wildman–Crippen LogP) is 0.271. The third kappa shape index (κ3) is 16.6. The van der Waals surface area contributed by atoms with E-state index in [0.717, 1.165) is 12.2 Å². The quantitative estimate of drug-likeness (QED) is 0.106. The predicted molar refractivity (Wildman–Crippen MR) is 87.0 cm³/mol. The normalized spacial score (nSPS) is 11.0. The second-order valence-corrected chi connectivity index (χ2v) is 4.42. The van der Waals surface area contributed by atoms with Crippen LogP contribution in [0.25, 0.3) is 0 Å². The lowest BCUT2D eigenvalue weighted by atomic mass is 10.5. The summed E-state index contributed by atoms with van der Waals surface area (Å²) in [5.74, 6) is -2.24. The highest BCUT2D eigenvalue weighted by molar-refractivity contribution is 5.91. The van der Waals surface area contributed by atoms with Crippen LogP contribution in [0.2, 0.25) is 0 Å². The number of carbonyl (C=O) groups is 3. The highest BCUT2D eigenvalue weighted by Crippen LogP contribution is 1.87. The van der Waals surface area contributed by atoms with E-state index in [-0.39, 0.29) is 19.8 Å². The van der Waals surface area contributed by atoms with Gasteiger partial charge in [-0.3, -0.25) is 4.89 Å². The summed E-state index contributed by atoms with van der Waals surface area (Å²) in [7, 11) is 0. The maximum Gasteiger partial charge on any atom is 0.365 e. The van der Waals surface area contributed by atoms with Crippen LogP contribution in [0.15, 0.2) is 24.3 Å². The van der Waals surface area contributed by atoms with Crippen LogP contribution in [0.3, 0.4) is 0 Å². The van der Waals surface area contributed by atoms with Gasteiger partial charge >= 0.3 is 17.9 Å². The number of allylic oxidation sites excluding steroid dienone is 1. The molecule has 0 aromatic heterocycles. The standard InChI is InChI=1S/C16H24O10/c1-2-3-14(17)24-12-10-22-8-6-21-7-9-23-11-13-25-15(18)4-5-16(19)26-20/h2-5,20H,6-13H2,1H3/b3-2+,5-4+. The van der Waals surface area contributed by atoms with Crippen LogP contribution >= 0.6 is 0 Å². The van der Waals surface area contributed by atoms with Gasteiger partial charge in [0.15, 0.2) is 0 Å². The Balaban J connectivity index is 3.29. The largest absolute Gasteiger partial charge is 0.460 e. The van der Waals surface area contributed by atoms with Crippen molar-refractivity contribution >= 4 is 17.9 Å².